The number of nitrogens with zero attached hydrogens (tertiary/aromatic N) is 3. The number of benzene rings is 1. The van der Waals surface area contributed by atoms with Crippen LogP contribution in [0.2, 0.25) is 0 Å². The summed E-state index contributed by atoms with van der Waals surface area (Å²) < 4.78 is 6.83. The predicted molar refractivity (Wildman–Crippen MR) is 107 cm³/mol. The number of rotatable bonds is 6. The van der Waals surface area contributed by atoms with Crippen molar-refractivity contribution < 1.29 is 14.1 Å². The van der Waals surface area contributed by atoms with Crippen molar-refractivity contribution in [3.63, 3.8) is 0 Å². The monoisotopic (exact) mass is 393 g/mol. The maximum absolute atomic E-state index is 12.8. The van der Waals surface area contributed by atoms with Gasteiger partial charge in [-0.1, -0.05) is 35.5 Å². The Morgan fingerprint density at radius 3 is 2.76 bits per heavy atom. The van der Waals surface area contributed by atoms with Crippen molar-refractivity contribution in [2.24, 2.45) is 0 Å². The molecule has 0 unspecified atom stereocenters. The lowest BCUT2D eigenvalue weighted by atomic mass is 10.1. The summed E-state index contributed by atoms with van der Waals surface area (Å²) in [5.41, 5.74) is 2.30. The second-order valence-electron chi connectivity index (χ2n) is 7.11. The van der Waals surface area contributed by atoms with Gasteiger partial charge in [-0.2, -0.15) is 0 Å². The van der Waals surface area contributed by atoms with E-state index in [1.807, 2.05) is 34.9 Å². The number of carbonyl (C=O) groups excluding carboxylic acids is 2. The SMILES string of the molecule is Cc1cc(NC(=O)c2nc(C(=O)NCCc3ccccc3)c3n2CCCC3)no1. The maximum atomic E-state index is 12.8. The summed E-state index contributed by atoms with van der Waals surface area (Å²) in [7, 11) is 0. The lowest BCUT2D eigenvalue weighted by Gasteiger charge is -2.16. The van der Waals surface area contributed by atoms with Gasteiger partial charge in [0.1, 0.15) is 11.5 Å². The normalized spacial score (nSPS) is 13.0. The molecule has 2 N–H and O–H groups in total. The zero-order valence-electron chi connectivity index (χ0n) is 16.3. The molecule has 0 radical (unpaired) electrons. The van der Waals surface area contributed by atoms with Crippen LogP contribution in [-0.2, 0) is 19.4 Å². The van der Waals surface area contributed by atoms with Crippen LogP contribution in [0.15, 0.2) is 40.9 Å². The van der Waals surface area contributed by atoms with E-state index in [4.69, 9.17) is 4.52 Å². The minimum atomic E-state index is -0.398. The molecule has 2 aromatic heterocycles. The summed E-state index contributed by atoms with van der Waals surface area (Å²) in [6, 6.07) is 11.6. The summed E-state index contributed by atoms with van der Waals surface area (Å²) >= 11 is 0. The van der Waals surface area contributed by atoms with Gasteiger partial charge in [0.15, 0.2) is 11.6 Å². The third-order valence-electron chi connectivity index (χ3n) is 4.95. The van der Waals surface area contributed by atoms with Gasteiger partial charge in [-0.25, -0.2) is 4.98 Å². The van der Waals surface area contributed by atoms with Gasteiger partial charge in [0.2, 0.25) is 0 Å². The van der Waals surface area contributed by atoms with Crippen molar-refractivity contribution >= 4 is 17.6 Å². The summed E-state index contributed by atoms with van der Waals surface area (Å²) in [5, 5.41) is 9.40. The van der Waals surface area contributed by atoms with E-state index < -0.39 is 5.91 Å². The molecule has 4 rings (SSSR count). The first kappa shape index (κ1) is 18.9. The van der Waals surface area contributed by atoms with Gasteiger partial charge < -0.3 is 19.7 Å². The molecule has 3 aromatic rings. The van der Waals surface area contributed by atoms with E-state index in [2.05, 4.69) is 20.8 Å². The highest BCUT2D eigenvalue weighted by Gasteiger charge is 2.27. The molecule has 1 aliphatic rings. The molecule has 3 heterocycles. The van der Waals surface area contributed by atoms with Crippen LogP contribution in [0, 0.1) is 6.92 Å². The largest absolute Gasteiger partial charge is 0.360 e. The van der Waals surface area contributed by atoms with Gasteiger partial charge in [0.05, 0.1) is 5.69 Å². The van der Waals surface area contributed by atoms with Crippen LogP contribution < -0.4 is 10.6 Å². The summed E-state index contributed by atoms with van der Waals surface area (Å²) in [6.45, 7) is 2.92. The summed E-state index contributed by atoms with van der Waals surface area (Å²) in [4.78, 5) is 29.9. The lowest BCUT2D eigenvalue weighted by Crippen LogP contribution is -2.27. The zero-order valence-corrected chi connectivity index (χ0v) is 16.3. The van der Waals surface area contributed by atoms with Gasteiger partial charge >= 0.3 is 0 Å². The van der Waals surface area contributed by atoms with Gasteiger partial charge in [-0.3, -0.25) is 9.59 Å². The fourth-order valence-electron chi connectivity index (χ4n) is 3.54. The highest BCUT2D eigenvalue weighted by molar-refractivity contribution is 6.03. The predicted octanol–water partition coefficient (Wildman–Crippen LogP) is 2.74. The molecular weight excluding hydrogens is 370 g/mol. The quantitative estimate of drug-likeness (QED) is 0.670. The minimum absolute atomic E-state index is 0.230. The molecular formula is C21H23N5O3. The van der Waals surface area contributed by atoms with Crippen LogP contribution >= 0.6 is 0 Å². The van der Waals surface area contributed by atoms with Crippen LogP contribution in [0.3, 0.4) is 0 Å². The maximum Gasteiger partial charge on any atom is 0.292 e. The zero-order chi connectivity index (χ0) is 20.2. The highest BCUT2D eigenvalue weighted by Crippen LogP contribution is 2.22. The smallest absolute Gasteiger partial charge is 0.292 e. The lowest BCUT2D eigenvalue weighted by molar-refractivity contribution is 0.0948. The van der Waals surface area contributed by atoms with Crippen LogP contribution in [0.25, 0.3) is 0 Å². The van der Waals surface area contributed by atoms with E-state index in [1.54, 1.807) is 13.0 Å². The second kappa shape index (κ2) is 8.30. The molecule has 8 nitrogen and oxygen atoms in total. The average Bonchev–Trinajstić information content (AvgIpc) is 3.32. The molecule has 1 aliphatic heterocycles. The Morgan fingerprint density at radius 1 is 1.17 bits per heavy atom. The Balaban J connectivity index is 1.49. The molecule has 0 saturated heterocycles. The number of nitrogens with one attached hydrogen (secondary N) is 2. The number of aryl methyl sites for hydroxylation is 1. The van der Waals surface area contributed by atoms with E-state index in [1.165, 1.54) is 0 Å². The van der Waals surface area contributed by atoms with Crippen LogP contribution in [-0.4, -0.2) is 33.1 Å². The molecule has 0 fully saturated rings. The highest BCUT2D eigenvalue weighted by atomic mass is 16.5. The van der Waals surface area contributed by atoms with Crippen LogP contribution in [0.1, 0.15) is 51.0 Å². The Bertz CT molecular complexity index is 1020. The van der Waals surface area contributed by atoms with Crippen molar-refractivity contribution in [3.8, 4) is 0 Å². The first-order chi connectivity index (χ1) is 14.1. The first-order valence-electron chi connectivity index (χ1n) is 9.78. The summed E-state index contributed by atoms with van der Waals surface area (Å²) in [5.74, 6) is 0.514. The number of hydrogen-bond acceptors (Lipinski definition) is 5. The molecule has 0 aliphatic carbocycles. The van der Waals surface area contributed by atoms with Crippen molar-refractivity contribution in [2.45, 2.75) is 39.2 Å². The molecule has 0 bridgehead atoms. The van der Waals surface area contributed by atoms with Crippen molar-refractivity contribution in [2.75, 3.05) is 11.9 Å². The third-order valence-corrected chi connectivity index (χ3v) is 4.95. The molecule has 2 amide bonds. The first-order valence-corrected chi connectivity index (χ1v) is 9.78. The molecule has 150 valence electrons. The number of anilines is 1. The second-order valence-corrected chi connectivity index (χ2v) is 7.11. The van der Waals surface area contributed by atoms with Gasteiger partial charge in [-0.15, -0.1) is 0 Å². The molecule has 0 atom stereocenters. The fraction of sp³-hybridized carbons (Fsp3) is 0.333. The number of hydrogen-bond donors (Lipinski definition) is 2. The Morgan fingerprint density at radius 2 is 2.00 bits per heavy atom. The Kier molecular flexibility index (Phi) is 5.41. The molecule has 0 saturated carbocycles. The van der Waals surface area contributed by atoms with Crippen molar-refractivity contribution in [3.05, 3.63) is 64.9 Å². The molecule has 1 aromatic carbocycles. The van der Waals surface area contributed by atoms with E-state index in [9.17, 15) is 9.59 Å². The van der Waals surface area contributed by atoms with E-state index >= 15 is 0 Å². The fourth-order valence-corrected chi connectivity index (χ4v) is 3.54. The average molecular weight is 393 g/mol. The van der Waals surface area contributed by atoms with Gasteiger partial charge in [0.25, 0.3) is 11.8 Å². The molecule has 0 spiro atoms. The van der Waals surface area contributed by atoms with E-state index in [0.29, 0.717) is 30.4 Å². The van der Waals surface area contributed by atoms with Gasteiger partial charge in [-0.05, 0) is 38.2 Å². The number of amides is 2. The topological polar surface area (TPSA) is 102 Å². The summed E-state index contributed by atoms with van der Waals surface area (Å²) in [6.07, 6.45) is 3.38. The van der Waals surface area contributed by atoms with Crippen molar-refractivity contribution in [1.29, 1.82) is 0 Å². The van der Waals surface area contributed by atoms with Crippen LogP contribution in [0.4, 0.5) is 5.82 Å². The Hall–Kier alpha value is -3.42. The number of fused-ring (bicyclic) bond motifs is 1. The van der Waals surface area contributed by atoms with Gasteiger partial charge in [0, 0.05) is 19.2 Å². The number of imidazole rings is 1. The number of carbonyl (C=O) groups is 2. The molecule has 29 heavy (non-hydrogen) atoms. The minimum Gasteiger partial charge on any atom is -0.360 e. The van der Waals surface area contributed by atoms with Crippen LogP contribution in [0.5, 0.6) is 0 Å². The third kappa shape index (κ3) is 4.21. The van der Waals surface area contributed by atoms with Crippen molar-refractivity contribution in [1.82, 2.24) is 20.0 Å². The standard InChI is InChI=1S/C21H23N5O3/c1-14-13-17(25-29-14)23-21(28)19-24-18(16-9-5-6-12-26(16)19)20(27)22-11-10-15-7-3-2-4-8-15/h2-4,7-8,13H,5-6,9-12H2,1H3,(H,22,27)(H,23,25,28). The van der Waals surface area contributed by atoms with E-state index in [0.717, 1.165) is 36.9 Å². The Labute approximate surface area is 168 Å². The number of aromatic nitrogens is 3. The van der Waals surface area contributed by atoms with E-state index in [-0.39, 0.29) is 11.7 Å². The molecule has 8 heteroatoms.